The Balaban J connectivity index is 1.67. The summed E-state index contributed by atoms with van der Waals surface area (Å²) in [5.41, 5.74) is 1.67. The van der Waals surface area contributed by atoms with Crippen molar-refractivity contribution >= 4 is 12.0 Å². The average Bonchev–Trinajstić information content (AvgIpc) is 2.92. The summed E-state index contributed by atoms with van der Waals surface area (Å²) in [7, 11) is 0. The number of benzene rings is 1. The molecule has 1 aliphatic heterocycles. The molecule has 0 spiro atoms. The number of carbonyl (C=O) groups excluding carboxylic acids is 2. The molecular formula is C34H52N2O3. The van der Waals surface area contributed by atoms with Gasteiger partial charge in [0.25, 0.3) is 0 Å². The number of ether oxygens (including phenoxy) is 1. The van der Waals surface area contributed by atoms with Crippen LogP contribution in [0.4, 0.5) is 4.79 Å². The Labute approximate surface area is 238 Å². The van der Waals surface area contributed by atoms with E-state index in [1.54, 1.807) is 4.90 Å². The molecule has 2 amide bonds. The van der Waals surface area contributed by atoms with Crippen LogP contribution in [0.1, 0.15) is 123 Å². The molecule has 1 aromatic rings. The van der Waals surface area contributed by atoms with Gasteiger partial charge in [0.2, 0.25) is 5.91 Å². The highest BCUT2D eigenvalue weighted by Crippen LogP contribution is 2.34. The smallest absolute Gasteiger partial charge is 0.410 e. The lowest BCUT2D eigenvalue weighted by molar-refractivity contribution is -0.141. The van der Waals surface area contributed by atoms with Gasteiger partial charge < -0.3 is 14.5 Å². The van der Waals surface area contributed by atoms with Gasteiger partial charge in [0.15, 0.2) is 0 Å². The van der Waals surface area contributed by atoms with Gasteiger partial charge >= 0.3 is 6.09 Å². The fourth-order valence-electron chi connectivity index (χ4n) is 5.87. The first kappa shape index (κ1) is 31.1. The van der Waals surface area contributed by atoms with Crippen molar-refractivity contribution in [3.05, 3.63) is 35.4 Å². The van der Waals surface area contributed by atoms with Crippen molar-refractivity contribution in [2.24, 2.45) is 11.8 Å². The largest absolute Gasteiger partial charge is 0.444 e. The van der Waals surface area contributed by atoms with Gasteiger partial charge in [-0.15, -0.1) is 0 Å². The molecule has 2 aliphatic rings. The summed E-state index contributed by atoms with van der Waals surface area (Å²) >= 11 is 0. The molecule has 1 aromatic carbocycles. The maximum atomic E-state index is 14.0. The van der Waals surface area contributed by atoms with Crippen molar-refractivity contribution in [1.82, 2.24) is 9.80 Å². The van der Waals surface area contributed by atoms with Gasteiger partial charge in [0.05, 0.1) is 0 Å². The monoisotopic (exact) mass is 536 g/mol. The van der Waals surface area contributed by atoms with Crippen molar-refractivity contribution in [1.29, 1.82) is 0 Å². The third kappa shape index (κ3) is 10.2. The van der Waals surface area contributed by atoms with E-state index in [1.165, 1.54) is 38.5 Å². The molecule has 3 rings (SSSR count). The van der Waals surface area contributed by atoms with Crippen LogP contribution in [0.3, 0.4) is 0 Å². The molecule has 216 valence electrons. The van der Waals surface area contributed by atoms with Crippen LogP contribution in [0.5, 0.6) is 0 Å². The number of unbranched alkanes of at least 4 members (excludes halogenated alkanes) is 3. The Morgan fingerprint density at radius 2 is 1.62 bits per heavy atom. The van der Waals surface area contributed by atoms with Crippen molar-refractivity contribution in [2.45, 2.75) is 130 Å². The third-order valence-corrected chi connectivity index (χ3v) is 8.17. The standard InChI is InChI=1S/C34H52N2O3/c1-6-8-10-12-27-14-16-29(17-15-27)26-36(31-22-24-35(25-23-31)33(38)39-34(3,4)5)32(37)30-20-18-28(19-21-30)13-11-9-7-2/h14-17,28,30-31H,6-9,11,13,18-26H2,1-5H3. The summed E-state index contributed by atoms with van der Waals surface area (Å²) in [6.07, 6.45) is 12.9. The van der Waals surface area contributed by atoms with Gasteiger partial charge in [-0.05, 0) is 89.3 Å². The van der Waals surface area contributed by atoms with Crippen LogP contribution >= 0.6 is 0 Å². The zero-order valence-electron chi connectivity index (χ0n) is 25.3. The van der Waals surface area contributed by atoms with Crippen molar-refractivity contribution in [3.63, 3.8) is 0 Å². The fourth-order valence-corrected chi connectivity index (χ4v) is 5.87. The second-order valence-electron chi connectivity index (χ2n) is 12.6. The van der Waals surface area contributed by atoms with Crippen LogP contribution in [0, 0.1) is 23.7 Å². The lowest BCUT2D eigenvalue weighted by Crippen LogP contribution is -2.50. The van der Waals surface area contributed by atoms with E-state index in [4.69, 9.17) is 4.74 Å². The van der Waals surface area contributed by atoms with Crippen LogP contribution in [-0.4, -0.2) is 46.5 Å². The number of likely N-dealkylation sites (tertiary alicyclic amines) is 1. The molecule has 5 heteroatoms. The lowest BCUT2D eigenvalue weighted by Gasteiger charge is -2.41. The Hall–Kier alpha value is -2.48. The number of rotatable bonds is 9. The zero-order chi connectivity index (χ0) is 28.3. The number of hydrogen-bond donors (Lipinski definition) is 0. The first-order valence-corrected chi connectivity index (χ1v) is 15.6. The Bertz CT molecular complexity index is 953. The number of amides is 2. The molecule has 0 bridgehead atoms. The lowest BCUT2D eigenvalue weighted by atomic mass is 9.79. The highest BCUT2D eigenvalue weighted by Gasteiger charge is 2.35. The van der Waals surface area contributed by atoms with E-state index in [0.717, 1.165) is 55.6 Å². The van der Waals surface area contributed by atoms with Gasteiger partial charge in [-0.2, -0.15) is 0 Å². The predicted molar refractivity (Wildman–Crippen MR) is 159 cm³/mol. The number of nitrogens with zero attached hydrogens (tertiary/aromatic N) is 2. The highest BCUT2D eigenvalue weighted by atomic mass is 16.6. The van der Waals surface area contributed by atoms with E-state index in [9.17, 15) is 9.59 Å². The van der Waals surface area contributed by atoms with Gasteiger partial charge in [-0.3, -0.25) is 4.79 Å². The van der Waals surface area contributed by atoms with E-state index in [0.29, 0.717) is 25.5 Å². The zero-order valence-corrected chi connectivity index (χ0v) is 25.3. The van der Waals surface area contributed by atoms with Crippen molar-refractivity contribution in [2.75, 3.05) is 13.1 Å². The van der Waals surface area contributed by atoms with E-state index in [2.05, 4.69) is 54.9 Å². The summed E-state index contributed by atoms with van der Waals surface area (Å²) in [6.45, 7) is 12.0. The maximum absolute atomic E-state index is 14.0. The quantitative estimate of drug-likeness (QED) is 0.238. The molecule has 39 heavy (non-hydrogen) atoms. The minimum Gasteiger partial charge on any atom is -0.444 e. The molecule has 0 aromatic heterocycles. The first-order chi connectivity index (χ1) is 18.7. The molecule has 1 saturated carbocycles. The molecule has 0 atom stereocenters. The van der Waals surface area contributed by atoms with E-state index < -0.39 is 5.60 Å². The Morgan fingerprint density at radius 3 is 2.21 bits per heavy atom. The van der Waals surface area contributed by atoms with Crippen molar-refractivity contribution < 1.29 is 14.3 Å². The summed E-state index contributed by atoms with van der Waals surface area (Å²) < 4.78 is 5.60. The molecule has 5 nitrogen and oxygen atoms in total. The molecule has 0 radical (unpaired) electrons. The molecule has 1 saturated heterocycles. The Kier molecular flexibility index (Phi) is 12.2. The third-order valence-electron chi connectivity index (χ3n) is 8.17. The molecule has 1 aliphatic carbocycles. The van der Waals surface area contributed by atoms with Gasteiger partial charge in [-0.1, -0.05) is 63.5 Å². The summed E-state index contributed by atoms with van der Waals surface area (Å²) in [4.78, 5) is 30.6. The highest BCUT2D eigenvalue weighted by molar-refractivity contribution is 5.79. The van der Waals surface area contributed by atoms with Crippen LogP contribution in [0.25, 0.3) is 0 Å². The number of hydrogen-bond acceptors (Lipinski definition) is 3. The second kappa shape index (κ2) is 15.3. The molecule has 1 heterocycles. The minimum atomic E-state index is -0.502. The minimum absolute atomic E-state index is 0.121. The van der Waals surface area contributed by atoms with E-state index in [1.807, 2.05) is 20.8 Å². The topological polar surface area (TPSA) is 49.9 Å². The molecule has 2 fully saturated rings. The average molecular weight is 537 g/mol. The first-order valence-electron chi connectivity index (χ1n) is 15.6. The normalized spacial score (nSPS) is 20.2. The van der Waals surface area contributed by atoms with E-state index >= 15 is 0 Å². The van der Waals surface area contributed by atoms with Crippen LogP contribution in [-0.2, 0) is 16.1 Å². The predicted octanol–water partition coefficient (Wildman–Crippen LogP) is 7.95. The summed E-state index contributed by atoms with van der Waals surface area (Å²) in [5.74, 6) is 7.67. The SMILES string of the molecule is CCCC#Cc1ccc(CN(C(=O)C2CCC(CCCCC)CC2)C2CCN(C(=O)OC(C)(C)C)CC2)cc1. The van der Waals surface area contributed by atoms with Gasteiger partial charge in [0.1, 0.15) is 5.60 Å². The molecule has 0 N–H and O–H groups in total. The summed E-state index contributed by atoms with van der Waals surface area (Å²) in [5, 5.41) is 0. The fraction of sp³-hybridized carbons (Fsp3) is 0.706. The molecular weight excluding hydrogens is 484 g/mol. The number of piperidine rings is 1. The second-order valence-corrected chi connectivity index (χ2v) is 12.6. The molecule has 0 unspecified atom stereocenters. The van der Waals surface area contributed by atoms with Gasteiger partial charge in [0, 0.05) is 43.6 Å². The Morgan fingerprint density at radius 1 is 0.949 bits per heavy atom. The van der Waals surface area contributed by atoms with Crippen molar-refractivity contribution in [3.8, 4) is 11.8 Å². The van der Waals surface area contributed by atoms with Gasteiger partial charge in [-0.25, -0.2) is 4.79 Å². The van der Waals surface area contributed by atoms with Crippen LogP contribution in [0.15, 0.2) is 24.3 Å². The maximum Gasteiger partial charge on any atom is 0.410 e. The van der Waals surface area contributed by atoms with Crippen LogP contribution in [0.2, 0.25) is 0 Å². The van der Waals surface area contributed by atoms with E-state index in [-0.39, 0.29) is 18.1 Å². The number of carbonyl (C=O) groups is 2. The van der Waals surface area contributed by atoms with Crippen LogP contribution < -0.4 is 0 Å². The summed E-state index contributed by atoms with van der Waals surface area (Å²) in [6, 6.07) is 8.54.